The van der Waals surface area contributed by atoms with Crippen LogP contribution >= 0.6 is 0 Å². The number of benzene rings is 1. The molecule has 31 heavy (non-hydrogen) atoms. The van der Waals surface area contributed by atoms with Gasteiger partial charge in [0.25, 0.3) is 5.91 Å². The van der Waals surface area contributed by atoms with Gasteiger partial charge >= 0.3 is 5.97 Å². The molecule has 2 heterocycles. The highest BCUT2D eigenvalue weighted by Gasteiger charge is 2.19. The van der Waals surface area contributed by atoms with Crippen LogP contribution in [0.1, 0.15) is 60.0 Å². The predicted molar refractivity (Wildman–Crippen MR) is 114 cm³/mol. The molecule has 9 nitrogen and oxygen atoms in total. The Labute approximate surface area is 179 Å². The molecule has 0 fully saturated rings. The molecule has 0 radical (unpaired) electrons. The lowest BCUT2D eigenvalue weighted by Crippen LogP contribution is -2.18. The van der Waals surface area contributed by atoms with E-state index in [-0.39, 0.29) is 22.6 Å². The molecule has 0 aliphatic carbocycles. The summed E-state index contributed by atoms with van der Waals surface area (Å²) >= 11 is 0. The summed E-state index contributed by atoms with van der Waals surface area (Å²) in [4.78, 5) is 24.3. The van der Waals surface area contributed by atoms with E-state index in [9.17, 15) is 9.59 Å². The Bertz CT molecular complexity index is 1080. The molecule has 1 amide bonds. The van der Waals surface area contributed by atoms with E-state index in [4.69, 9.17) is 13.9 Å². The molecule has 3 rings (SSSR count). The summed E-state index contributed by atoms with van der Waals surface area (Å²) in [6.07, 6.45) is 2.84. The third-order valence-electron chi connectivity index (χ3n) is 4.19. The SMILES string of the molecule is CCOc1cc(C=NNC(=O)c2cc(C(C)(C)C)[nH]n2)ccc1OC(=O)c1ccco1. The highest BCUT2D eigenvalue weighted by molar-refractivity contribution is 5.93. The van der Waals surface area contributed by atoms with Crippen LogP contribution in [0.25, 0.3) is 0 Å². The number of nitrogens with one attached hydrogen (secondary N) is 2. The van der Waals surface area contributed by atoms with Crippen LogP contribution < -0.4 is 14.9 Å². The topological polar surface area (TPSA) is 119 Å². The second-order valence-electron chi connectivity index (χ2n) is 7.62. The van der Waals surface area contributed by atoms with Gasteiger partial charge in [-0.25, -0.2) is 10.2 Å². The molecule has 0 spiro atoms. The van der Waals surface area contributed by atoms with Crippen molar-refractivity contribution in [2.45, 2.75) is 33.1 Å². The summed E-state index contributed by atoms with van der Waals surface area (Å²) in [6, 6.07) is 9.71. The molecule has 0 saturated heterocycles. The van der Waals surface area contributed by atoms with Crippen molar-refractivity contribution in [2.24, 2.45) is 5.10 Å². The molecular weight excluding hydrogens is 400 g/mol. The Kier molecular flexibility index (Phi) is 6.54. The molecule has 2 aromatic heterocycles. The van der Waals surface area contributed by atoms with E-state index in [1.165, 1.54) is 18.5 Å². The number of aromatic nitrogens is 2. The van der Waals surface area contributed by atoms with Gasteiger partial charge in [0.1, 0.15) is 0 Å². The van der Waals surface area contributed by atoms with E-state index in [1.54, 1.807) is 30.3 Å². The third kappa shape index (κ3) is 5.59. The van der Waals surface area contributed by atoms with Crippen LogP contribution in [0, 0.1) is 0 Å². The largest absolute Gasteiger partial charge is 0.490 e. The van der Waals surface area contributed by atoms with E-state index >= 15 is 0 Å². The molecule has 0 aliphatic heterocycles. The molecule has 9 heteroatoms. The van der Waals surface area contributed by atoms with Gasteiger partial charge in [-0.1, -0.05) is 20.8 Å². The minimum Gasteiger partial charge on any atom is -0.490 e. The normalized spacial score (nSPS) is 11.5. The number of rotatable bonds is 7. The van der Waals surface area contributed by atoms with Crippen LogP contribution in [0.4, 0.5) is 0 Å². The van der Waals surface area contributed by atoms with Crippen molar-refractivity contribution in [3.05, 3.63) is 65.4 Å². The number of carbonyl (C=O) groups is 2. The first kappa shape index (κ1) is 21.8. The Morgan fingerprint density at radius 2 is 2.03 bits per heavy atom. The van der Waals surface area contributed by atoms with Crippen molar-refractivity contribution in [1.29, 1.82) is 0 Å². The zero-order valence-electron chi connectivity index (χ0n) is 17.8. The molecule has 0 saturated carbocycles. The number of furan rings is 1. The monoisotopic (exact) mass is 424 g/mol. The van der Waals surface area contributed by atoms with Crippen molar-refractivity contribution >= 4 is 18.1 Å². The number of amides is 1. The quantitative estimate of drug-likeness (QED) is 0.258. The second kappa shape index (κ2) is 9.29. The van der Waals surface area contributed by atoms with Gasteiger partial charge in [0.15, 0.2) is 17.2 Å². The van der Waals surface area contributed by atoms with Gasteiger partial charge in [-0.3, -0.25) is 9.89 Å². The molecule has 0 unspecified atom stereocenters. The fraction of sp³-hybridized carbons (Fsp3) is 0.273. The number of nitrogens with zero attached hydrogens (tertiary/aromatic N) is 2. The summed E-state index contributed by atoms with van der Waals surface area (Å²) in [5, 5.41) is 10.8. The Balaban J connectivity index is 1.67. The van der Waals surface area contributed by atoms with Gasteiger partial charge in [-0.15, -0.1) is 0 Å². The Morgan fingerprint density at radius 3 is 2.68 bits per heavy atom. The molecule has 1 aromatic carbocycles. The summed E-state index contributed by atoms with van der Waals surface area (Å²) in [5.74, 6) is -0.371. The van der Waals surface area contributed by atoms with E-state index in [0.29, 0.717) is 17.9 Å². The lowest BCUT2D eigenvalue weighted by atomic mass is 9.92. The van der Waals surface area contributed by atoms with Crippen LogP contribution in [0.2, 0.25) is 0 Å². The lowest BCUT2D eigenvalue weighted by Gasteiger charge is -2.14. The number of hydrazone groups is 1. The third-order valence-corrected chi connectivity index (χ3v) is 4.19. The number of hydrogen-bond acceptors (Lipinski definition) is 7. The van der Waals surface area contributed by atoms with Crippen molar-refractivity contribution in [3.8, 4) is 11.5 Å². The average molecular weight is 424 g/mol. The van der Waals surface area contributed by atoms with Crippen LogP contribution in [0.3, 0.4) is 0 Å². The van der Waals surface area contributed by atoms with Crippen molar-refractivity contribution < 1.29 is 23.5 Å². The summed E-state index contributed by atoms with van der Waals surface area (Å²) < 4.78 is 15.9. The van der Waals surface area contributed by atoms with E-state index < -0.39 is 11.9 Å². The maximum absolute atomic E-state index is 12.2. The zero-order valence-corrected chi connectivity index (χ0v) is 17.8. The molecular formula is C22H24N4O5. The van der Waals surface area contributed by atoms with Gasteiger partial charge in [0.05, 0.1) is 19.1 Å². The maximum atomic E-state index is 12.2. The van der Waals surface area contributed by atoms with Gasteiger partial charge in [0.2, 0.25) is 5.76 Å². The van der Waals surface area contributed by atoms with Crippen LogP contribution in [0.15, 0.2) is 52.2 Å². The molecule has 162 valence electrons. The van der Waals surface area contributed by atoms with E-state index in [1.807, 2.05) is 27.7 Å². The van der Waals surface area contributed by atoms with Gasteiger partial charge < -0.3 is 13.9 Å². The zero-order chi connectivity index (χ0) is 22.4. The summed E-state index contributed by atoms with van der Waals surface area (Å²) in [5.41, 5.74) is 4.03. The van der Waals surface area contributed by atoms with Crippen LogP contribution in [-0.4, -0.2) is 34.9 Å². The van der Waals surface area contributed by atoms with Gasteiger partial charge in [-0.2, -0.15) is 10.2 Å². The minimum absolute atomic E-state index is 0.0868. The molecule has 2 N–H and O–H groups in total. The second-order valence-corrected chi connectivity index (χ2v) is 7.62. The highest BCUT2D eigenvalue weighted by Crippen LogP contribution is 2.29. The first-order valence-corrected chi connectivity index (χ1v) is 9.69. The number of ether oxygens (including phenoxy) is 2. The lowest BCUT2D eigenvalue weighted by molar-refractivity contribution is 0.0695. The number of carbonyl (C=O) groups excluding carboxylic acids is 2. The van der Waals surface area contributed by atoms with Gasteiger partial charge in [0, 0.05) is 11.1 Å². The van der Waals surface area contributed by atoms with Gasteiger partial charge in [-0.05, 0) is 48.9 Å². The smallest absolute Gasteiger partial charge is 0.379 e. The number of aromatic amines is 1. The van der Waals surface area contributed by atoms with Crippen molar-refractivity contribution in [3.63, 3.8) is 0 Å². The Hall–Kier alpha value is -3.88. The minimum atomic E-state index is -0.631. The summed E-state index contributed by atoms with van der Waals surface area (Å²) in [6.45, 7) is 8.25. The van der Waals surface area contributed by atoms with Crippen molar-refractivity contribution in [2.75, 3.05) is 6.61 Å². The molecule has 0 atom stereocenters. The van der Waals surface area contributed by atoms with Crippen LogP contribution in [-0.2, 0) is 5.41 Å². The van der Waals surface area contributed by atoms with E-state index in [2.05, 4.69) is 20.7 Å². The highest BCUT2D eigenvalue weighted by atomic mass is 16.6. The Morgan fingerprint density at radius 1 is 1.23 bits per heavy atom. The molecule has 3 aromatic rings. The average Bonchev–Trinajstić information content (AvgIpc) is 3.42. The molecule has 0 aliphatic rings. The van der Waals surface area contributed by atoms with E-state index in [0.717, 1.165) is 5.69 Å². The standard InChI is InChI=1S/C22H24N4O5/c1-5-29-18-11-14(8-9-16(18)31-21(28)17-7-6-10-30-17)13-23-26-20(27)15-12-19(25-24-15)22(2,3)4/h6-13H,5H2,1-4H3,(H,24,25)(H,26,27). The number of esters is 1. The first-order chi connectivity index (χ1) is 14.8. The fourth-order valence-electron chi connectivity index (χ4n) is 2.55. The molecule has 0 bridgehead atoms. The fourth-order valence-corrected chi connectivity index (χ4v) is 2.55. The first-order valence-electron chi connectivity index (χ1n) is 9.69. The van der Waals surface area contributed by atoms with Crippen molar-refractivity contribution in [1.82, 2.24) is 15.6 Å². The maximum Gasteiger partial charge on any atom is 0.379 e. The van der Waals surface area contributed by atoms with Crippen LogP contribution in [0.5, 0.6) is 11.5 Å². The number of hydrogen-bond donors (Lipinski definition) is 2. The summed E-state index contributed by atoms with van der Waals surface area (Å²) in [7, 11) is 0. The number of H-pyrrole nitrogens is 1. The predicted octanol–water partition coefficient (Wildman–Crippen LogP) is 3.68.